The van der Waals surface area contributed by atoms with E-state index < -0.39 is 68.7 Å². The number of rotatable bonds is 23. The van der Waals surface area contributed by atoms with Crippen molar-refractivity contribution < 1.29 is 23.5 Å². The fourth-order valence-corrected chi connectivity index (χ4v) is 211. The molecule has 1 aliphatic rings. The van der Waals surface area contributed by atoms with E-state index in [-0.39, 0.29) is 78.2 Å². The van der Waals surface area contributed by atoms with Crippen molar-refractivity contribution in [2.24, 2.45) is 17.3 Å². The standard InChI is InChI=1S/C16H60O5P32/c1-8-7-16(4,5)11(6-12(8)20-42(51(38)46(29)30)53(48(33)34)49(35)36)14(18)13(17)9(2)15(21-40(43(23)24)50(37)45(27)28)10(3)19-41(44(25)26)52(39-22)47(31)32/h7,9-12,14-15,18,39H,6,22-38H2,1-5H3. The molecule has 0 aromatic heterocycles. The highest BCUT2D eigenvalue weighted by Gasteiger charge is 2.48. The van der Waals surface area contributed by atoms with Crippen LogP contribution in [0.1, 0.15) is 41.0 Å². The molecule has 1 rings (SSSR count). The van der Waals surface area contributed by atoms with Gasteiger partial charge in [0.2, 0.25) is 0 Å². The molecule has 0 heterocycles. The van der Waals surface area contributed by atoms with E-state index in [1.165, 1.54) is 5.57 Å². The molecule has 0 radical (unpaired) electrons. The molecule has 1 N–H and O–H groups in total. The van der Waals surface area contributed by atoms with Crippen molar-refractivity contribution in [2.45, 2.75) is 65.5 Å². The number of carbonyl (C=O) groups is 1. The molecule has 0 saturated heterocycles. The van der Waals surface area contributed by atoms with Crippen LogP contribution < -0.4 is 0 Å². The molecule has 1 aliphatic carbocycles. The van der Waals surface area contributed by atoms with Crippen LogP contribution in [-0.2, 0) is 18.4 Å². The topological polar surface area (TPSA) is 65.0 Å². The summed E-state index contributed by atoms with van der Waals surface area (Å²) in [6.45, 7) is 6.20. The van der Waals surface area contributed by atoms with E-state index in [0.717, 1.165) is 7.96 Å². The van der Waals surface area contributed by atoms with Gasteiger partial charge in [0.25, 0.3) is 0 Å². The maximum Gasteiger partial charge on any atom is 0.167 e. The summed E-state index contributed by atoms with van der Waals surface area (Å²) in [7, 11) is 50.2. The Balaban J connectivity index is 3.65. The van der Waals surface area contributed by atoms with Gasteiger partial charge in [-0.1, -0.05) is 52.7 Å². The molecule has 30 unspecified atom stereocenters. The molecule has 314 valence electrons. The Morgan fingerprint density at radius 1 is 0.755 bits per heavy atom. The summed E-state index contributed by atoms with van der Waals surface area (Å²) in [5.74, 6) is -1.00. The van der Waals surface area contributed by atoms with Crippen LogP contribution in [0.3, 0.4) is 0 Å². The smallest absolute Gasteiger partial charge is 0.167 e. The molecule has 0 saturated carbocycles. The number of aliphatic hydroxyl groups is 1. The van der Waals surface area contributed by atoms with Crippen molar-refractivity contribution in [1.82, 2.24) is 0 Å². The zero-order valence-corrected chi connectivity index (χ0v) is 63.1. The first kappa shape index (κ1) is 64.0. The molecule has 30 atom stereocenters. The fraction of sp³-hybridized carbons (Fsp3) is 0.812. The number of hydrogen-bond acceptors (Lipinski definition) is 5. The van der Waals surface area contributed by atoms with Gasteiger partial charge in [-0.05, 0) is 80.2 Å². The molecule has 0 aromatic carbocycles. The largest absolute Gasteiger partial charge is 0.385 e. The van der Waals surface area contributed by atoms with Gasteiger partial charge in [0.05, 0.1) is 40.9 Å². The average Bonchev–Trinajstić information content (AvgIpc) is 3.02. The highest BCUT2D eigenvalue weighted by molar-refractivity contribution is 9.19. The summed E-state index contributed by atoms with van der Waals surface area (Å²) in [4.78, 5) is 14.8. The number of ketones is 1. The van der Waals surface area contributed by atoms with E-state index in [1.54, 1.807) is 0 Å². The second kappa shape index (κ2) is 32.2. The maximum atomic E-state index is 14.8. The minimum Gasteiger partial charge on any atom is -0.385 e. The van der Waals surface area contributed by atoms with Crippen LogP contribution in [0.25, 0.3) is 0 Å². The quantitative estimate of drug-likeness (QED) is 0.0816. The minimum atomic E-state index is -1.15. The lowest BCUT2D eigenvalue weighted by Crippen LogP contribution is -2.48. The van der Waals surface area contributed by atoms with E-state index >= 15 is 0 Å². The molecule has 53 heavy (non-hydrogen) atoms. The van der Waals surface area contributed by atoms with E-state index in [1.807, 2.05) is 6.92 Å². The average molecular weight is 1320 g/mol. The zero-order valence-electron chi connectivity index (χ0n) is 29.9. The molecule has 5 nitrogen and oxygen atoms in total. The fourth-order valence-electron chi connectivity index (χ4n) is 5.07. The first-order valence-corrected chi connectivity index (χ1v) is 70.6. The molecular formula is C16H60O5P32. The van der Waals surface area contributed by atoms with E-state index in [2.05, 4.69) is 186 Å². The minimum absolute atomic E-state index is 0.135. The Kier molecular flexibility index (Phi) is 38.8. The second-order valence-corrected chi connectivity index (χ2v) is 127. The van der Waals surface area contributed by atoms with Crippen LogP contribution in [-0.4, -0.2) is 35.3 Å². The lowest BCUT2D eigenvalue weighted by molar-refractivity contribution is -0.140. The van der Waals surface area contributed by atoms with Crippen LogP contribution in [0, 0.1) is 17.3 Å². The third kappa shape index (κ3) is 21.3. The van der Waals surface area contributed by atoms with Gasteiger partial charge in [0.1, 0.15) is 6.10 Å². The van der Waals surface area contributed by atoms with Crippen molar-refractivity contribution in [1.29, 1.82) is 0 Å². The van der Waals surface area contributed by atoms with Crippen LogP contribution in [0.5, 0.6) is 0 Å². The normalized spacial score (nSPS) is 24.4. The van der Waals surface area contributed by atoms with E-state index in [9.17, 15) is 9.90 Å². The molecular weight excluding hydrogens is 1260 g/mol. The highest BCUT2D eigenvalue weighted by atomic mass is 33.2. The Morgan fingerprint density at radius 3 is 1.62 bits per heavy atom. The molecule has 37 heteroatoms. The van der Waals surface area contributed by atoms with E-state index in [4.69, 9.17) is 13.6 Å². The summed E-state index contributed by atoms with van der Waals surface area (Å²) < 4.78 is 21.6. The molecule has 0 bridgehead atoms. The van der Waals surface area contributed by atoms with Gasteiger partial charge in [-0.2, -0.15) is 0 Å². The van der Waals surface area contributed by atoms with Crippen LogP contribution in [0.4, 0.5) is 0 Å². The number of Topliss-reactive ketones (excluding diaryl/α,β-unsaturated/α-hetero) is 1. The Bertz CT molecular complexity index is 1120. The number of carbonyl (C=O) groups excluding carboxylic acids is 1. The number of hydrogen-bond donors (Lipinski definition) is 1. The third-order valence-corrected chi connectivity index (χ3v) is 166. The predicted octanol–water partition coefficient (Wildman–Crippen LogP) is 20.3. The highest BCUT2D eigenvalue weighted by Crippen LogP contribution is 3.18. The number of allylic oxidation sites excluding steroid dienone is 1. The van der Waals surface area contributed by atoms with Crippen LogP contribution >= 0.6 is 259 Å². The van der Waals surface area contributed by atoms with E-state index in [0.29, 0.717) is 6.42 Å². The summed E-state index contributed by atoms with van der Waals surface area (Å²) in [6.07, 6.45) is 0.806. The Labute approximate surface area is 379 Å². The van der Waals surface area contributed by atoms with Gasteiger partial charge in [-0.25, -0.2) is 0 Å². The zero-order chi connectivity index (χ0) is 41.4. The molecule has 0 fully saturated rings. The second-order valence-electron chi connectivity index (χ2n) is 11.9. The monoisotopic (exact) mass is 1320 g/mol. The molecule has 0 spiro atoms. The SMILES string of the molecule is CC1=CC(C)(C)C(C(O)C(=O)C(C)C(OP(P(P)P)P(P)P(P)P)C(C)OP(P(P)P)P(PP)P(P)P)CC1OP(P(P)P(P)P)P(P(P)P)P(P)P. The van der Waals surface area contributed by atoms with Gasteiger partial charge < -0.3 is 18.7 Å². The van der Waals surface area contributed by atoms with Crippen molar-refractivity contribution in [3.05, 3.63) is 11.6 Å². The van der Waals surface area contributed by atoms with Crippen LogP contribution in [0.2, 0.25) is 0 Å². The number of aliphatic hydroxyl groups excluding tert-OH is 1. The molecule has 0 amide bonds. The molecule has 0 aromatic rings. The lowest BCUT2D eigenvalue weighted by atomic mass is 9.66. The summed E-state index contributed by atoms with van der Waals surface area (Å²) in [5.41, 5.74) is 0.821. The lowest BCUT2D eigenvalue weighted by Gasteiger charge is -2.45. The Hall–Kier alpha value is 13.0. The van der Waals surface area contributed by atoms with Gasteiger partial charge >= 0.3 is 0 Å². The summed E-state index contributed by atoms with van der Waals surface area (Å²) in [6, 6.07) is 0. The molecule has 0 aliphatic heterocycles. The van der Waals surface area contributed by atoms with Crippen molar-refractivity contribution >= 4 is 265 Å². The van der Waals surface area contributed by atoms with Crippen molar-refractivity contribution in [2.75, 3.05) is 0 Å². The van der Waals surface area contributed by atoms with Crippen LogP contribution in [0.15, 0.2) is 11.6 Å². The van der Waals surface area contributed by atoms with Crippen molar-refractivity contribution in [3.8, 4) is 0 Å². The summed E-state index contributed by atoms with van der Waals surface area (Å²) in [5, 5.41) is 12.3. The van der Waals surface area contributed by atoms with Gasteiger partial charge in [-0.3, -0.25) is 4.79 Å². The predicted molar refractivity (Wildman–Crippen MR) is 346 cm³/mol. The van der Waals surface area contributed by atoms with Gasteiger partial charge in [0, 0.05) is 39.8 Å². The first-order valence-electron chi connectivity index (χ1n) is 14.8. The van der Waals surface area contributed by atoms with Gasteiger partial charge in [-0.15, -0.1) is 134 Å². The van der Waals surface area contributed by atoms with Gasteiger partial charge in [0.15, 0.2) is 5.78 Å². The maximum absolute atomic E-state index is 14.8. The first-order chi connectivity index (χ1) is 24.2. The Morgan fingerprint density at radius 2 is 1.23 bits per heavy atom. The van der Waals surface area contributed by atoms with Crippen molar-refractivity contribution in [3.63, 3.8) is 0 Å². The summed E-state index contributed by atoms with van der Waals surface area (Å²) >= 11 is 0. The third-order valence-electron chi connectivity index (χ3n) is 7.59.